The number of carbonyl (C=O) groups excluding carboxylic acids is 1. The number of hydrogen-bond acceptors (Lipinski definition) is 2. The minimum absolute atomic E-state index is 0.127. The molecule has 0 heterocycles. The Balaban J connectivity index is 2.15. The summed E-state index contributed by atoms with van der Waals surface area (Å²) in [5.41, 5.74) is 1.51. The maximum atomic E-state index is 12.2. The summed E-state index contributed by atoms with van der Waals surface area (Å²) < 4.78 is 0.891. The highest BCUT2D eigenvalue weighted by atomic mass is 79.9. The third-order valence-corrected chi connectivity index (χ3v) is 4.00. The van der Waals surface area contributed by atoms with E-state index in [1.54, 1.807) is 18.2 Å². The molecular weight excluding hydrogens is 358 g/mol. The van der Waals surface area contributed by atoms with E-state index in [2.05, 4.69) is 33.9 Å². The molecule has 20 heavy (non-hydrogen) atoms. The zero-order valence-corrected chi connectivity index (χ0v) is 14.0. The van der Waals surface area contributed by atoms with Gasteiger partial charge in [0.05, 0.1) is 11.6 Å². The Morgan fingerprint density at radius 2 is 2.05 bits per heavy atom. The van der Waals surface area contributed by atoms with Gasteiger partial charge in [0.15, 0.2) is 0 Å². The average molecular weight is 371 g/mol. The lowest BCUT2D eigenvalue weighted by Crippen LogP contribution is -2.27. The van der Waals surface area contributed by atoms with Gasteiger partial charge >= 0.3 is 0 Å². The smallest absolute Gasteiger partial charge is 0.252 e. The fourth-order valence-electron chi connectivity index (χ4n) is 1.83. The molecule has 2 aromatic rings. The van der Waals surface area contributed by atoms with Crippen LogP contribution in [0.1, 0.15) is 28.9 Å². The van der Waals surface area contributed by atoms with Gasteiger partial charge in [0.1, 0.15) is 0 Å². The fraction of sp³-hybridized carbons (Fsp3) is 0.133. The first-order valence-corrected chi connectivity index (χ1v) is 7.64. The Kier molecular flexibility index (Phi) is 5.13. The first-order valence-electron chi connectivity index (χ1n) is 6.02. The van der Waals surface area contributed by atoms with E-state index >= 15 is 0 Å². The summed E-state index contributed by atoms with van der Waals surface area (Å²) in [4.78, 5) is 12.9. The molecular formula is C15H13BrClNOS. The van der Waals surface area contributed by atoms with Gasteiger partial charge in [0.25, 0.3) is 5.91 Å². The molecule has 0 saturated heterocycles. The van der Waals surface area contributed by atoms with Crippen LogP contribution in [0.3, 0.4) is 0 Å². The van der Waals surface area contributed by atoms with Gasteiger partial charge in [-0.05, 0) is 42.8 Å². The Hall–Kier alpha value is -0.970. The Morgan fingerprint density at radius 3 is 2.70 bits per heavy atom. The topological polar surface area (TPSA) is 29.1 Å². The fourth-order valence-corrected chi connectivity index (χ4v) is 2.88. The van der Waals surface area contributed by atoms with Crippen LogP contribution in [0.4, 0.5) is 0 Å². The summed E-state index contributed by atoms with van der Waals surface area (Å²) >= 11 is 13.6. The third kappa shape index (κ3) is 3.78. The molecule has 0 radical (unpaired) electrons. The zero-order chi connectivity index (χ0) is 14.7. The second-order valence-electron chi connectivity index (χ2n) is 4.41. The lowest BCUT2D eigenvalue weighted by molar-refractivity contribution is 0.0937. The van der Waals surface area contributed by atoms with E-state index in [4.69, 9.17) is 11.6 Å². The minimum Gasteiger partial charge on any atom is -0.345 e. The highest BCUT2D eigenvalue weighted by molar-refractivity contribution is 9.10. The monoisotopic (exact) mass is 369 g/mol. The van der Waals surface area contributed by atoms with Crippen LogP contribution in [0, 0.1) is 0 Å². The molecule has 0 bridgehead atoms. The molecule has 104 valence electrons. The van der Waals surface area contributed by atoms with Crippen molar-refractivity contribution in [1.82, 2.24) is 5.32 Å². The molecule has 1 amide bonds. The molecule has 2 rings (SSSR count). The average Bonchev–Trinajstić information content (AvgIpc) is 2.38. The van der Waals surface area contributed by atoms with E-state index in [1.807, 2.05) is 31.2 Å². The summed E-state index contributed by atoms with van der Waals surface area (Å²) in [6.45, 7) is 1.92. The highest BCUT2D eigenvalue weighted by Crippen LogP contribution is 2.22. The second-order valence-corrected chi connectivity index (χ2v) is 6.25. The molecule has 0 aliphatic carbocycles. The van der Waals surface area contributed by atoms with Crippen LogP contribution in [0.25, 0.3) is 0 Å². The van der Waals surface area contributed by atoms with Crippen LogP contribution in [-0.4, -0.2) is 5.91 Å². The van der Waals surface area contributed by atoms with E-state index in [9.17, 15) is 4.79 Å². The number of hydrogen-bond donors (Lipinski definition) is 2. The molecule has 0 aliphatic heterocycles. The van der Waals surface area contributed by atoms with Crippen molar-refractivity contribution in [1.29, 1.82) is 0 Å². The number of amides is 1. The number of thiol groups is 1. The van der Waals surface area contributed by atoms with Gasteiger partial charge < -0.3 is 5.32 Å². The maximum absolute atomic E-state index is 12.2. The van der Waals surface area contributed by atoms with E-state index in [-0.39, 0.29) is 11.9 Å². The van der Waals surface area contributed by atoms with Gasteiger partial charge in [0, 0.05) is 14.4 Å². The van der Waals surface area contributed by atoms with Crippen LogP contribution in [0.2, 0.25) is 5.02 Å². The summed E-state index contributed by atoms with van der Waals surface area (Å²) in [7, 11) is 0. The molecule has 0 fully saturated rings. The van der Waals surface area contributed by atoms with Crippen LogP contribution >= 0.6 is 40.2 Å². The normalized spacial score (nSPS) is 12.0. The first-order chi connectivity index (χ1) is 9.47. The van der Waals surface area contributed by atoms with Crippen molar-refractivity contribution in [3.8, 4) is 0 Å². The van der Waals surface area contributed by atoms with Gasteiger partial charge in [-0.1, -0.05) is 39.7 Å². The Morgan fingerprint density at radius 1 is 1.30 bits per heavy atom. The van der Waals surface area contributed by atoms with Crippen molar-refractivity contribution < 1.29 is 4.79 Å². The Bertz CT molecular complexity index is 648. The summed E-state index contributed by atoms with van der Waals surface area (Å²) in [5, 5.41) is 3.59. The Labute approximate surface area is 137 Å². The maximum Gasteiger partial charge on any atom is 0.252 e. The molecule has 5 heteroatoms. The van der Waals surface area contributed by atoms with Crippen molar-refractivity contribution in [3.63, 3.8) is 0 Å². The molecule has 2 nitrogen and oxygen atoms in total. The molecule has 1 N–H and O–H groups in total. The summed E-state index contributed by atoms with van der Waals surface area (Å²) in [6.07, 6.45) is 0. The third-order valence-electron chi connectivity index (χ3n) is 2.90. The zero-order valence-electron chi connectivity index (χ0n) is 10.7. The molecule has 2 aromatic carbocycles. The predicted molar refractivity (Wildman–Crippen MR) is 88.7 cm³/mol. The SMILES string of the molecule is CC(NC(=O)c1ccc(Br)cc1S)c1cccc(Cl)c1. The van der Waals surface area contributed by atoms with Crippen molar-refractivity contribution in [2.24, 2.45) is 0 Å². The lowest BCUT2D eigenvalue weighted by Gasteiger charge is -2.15. The summed E-state index contributed by atoms with van der Waals surface area (Å²) in [6, 6.07) is 12.7. The molecule has 1 atom stereocenters. The highest BCUT2D eigenvalue weighted by Gasteiger charge is 2.14. The quantitative estimate of drug-likeness (QED) is 0.741. The van der Waals surface area contributed by atoms with E-state index < -0.39 is 0 Å². The molecule has 0 aliphatic rings. The summed E-state index contributed by atoms with van der Waals surface area (Å²) in [5.74, 6) is -0.157. The van der Waals surface area contributed by atoms with Gasteiger partial charge in [-0.25, -0.2) is 0 Å². The van der Waals surface area contributed by atoms with Gasteiger partial charge in [-0.15, -0.1) is 12.6 Å². The largest absolute Gasteiger partial charge is 0.345 e. The van der Waals surface area contributed by atoms with Crippen LogP contribution in [0.15, 0.2) is 51.8 Å². The van der Waals surface area contributed by atoms with Crippen molar-refractivity contribution in [2.75, 3.05) is 0 Å². The van der Waals surface area contributed by atoms with E-state index in [0.717, 1.165) is 10.0 Å². The minimum atomic E-state index is -0.157. The van der Waals surface area contributed by atoms with Crippen LogP contribution in [0.5, 0.6) is 0 Å². The number of rotatable bonds is 3. The standard InChI is InChI=1S/C15H13BrClNOS/c1-9(10-3-2-4-12(17)7-10)18-15(19)13-6-5-11(16)8-14(13)20/h2-9,20H,1H3,(H,18,19). The van der Waals surface area contributed by atoms with Gasteiger partial charge in [-0.2, -0.15) is 0 Å². The number of carbonyl (C=O) groups is 1. The van der Waals surface area contributed by atoms with Gasteiger partial charge in [-0.3, -0.25) is 4.79 Å². The lowest BCUT2D eigenvalue weighted by atomic mass is 10.1. The molecule has 0 aromatic heterocycles. The van der Waals surface area contributed by atoms with Crippen molar-refractivity contribution in [2.45, 2.75) is 17.9 Å². The molecule has 0 saturated carbocycles. The van der Waals surface area contributed by atoms with Crippen molar-refractivity contribution >= 4 is 46.1 Å². The number of benzene rings is 2. The molecule has 1 unspecified atom stereocenters. The molecule has 0 spiro atoms. The number of halogens is 2. The predicted octanol–water partition coefficient (Wildman–Crippen LogP) is 4.88. The number of nitrogens with one attached hydrogen (secondary N) is 1. The first kappa shape index (κ1) is 15.4. The van der Waals surface area contributed by atoms with Gasteiger partial charge in [0.2, 0.25) is 0 Å². The van der Waals surface area contributed by atoms with E-state index in [1.165, 1.54) is 0 Å². The van der Waals surface area contributed by atoms with E-state index in [0.29, 0.717) is 15.5 Å². The van der Waals surface area contributed by atoms with Crippen molar-refractivity contribution in [3.05, 3.63) is 63.1 Å². The van der Waals surface area contributed by atoms with Crippen LogP contribution < -0.4 is 5.32 Å². The second kappa shape index (κ2) is 6.66. The van der Waals surface area contributed by atoms with Crippen LogP contribution in [-0.2, 0) is 0 Å².